The number of aryl methyl sites for hydroxylation is 3. The van der Waals surface area contributed by atoms with Crippen molar-refractivity contribution >= 4 is 17.8 Å². The number of rotatable bonds is 7. The van der Waals surface area contributed by atoms with Crippen LogP contribution in [0, 0.1) is 20.8 Å². The van der Waals surface area contributed by atoms with Gasteiger partial charge in [0.15, 0.2) is 0 Å². The number of nitrogens with zero attached hydrogens (tertiary/aromatic N) is 1. The quantitative estimate of drug-likeness (QED) is 0.568. The number of ether oxygens (including phenoxy) is 1. The molecular formula is C20H22F2N2O3. The van der Waals surface area contributed by atoms with E-state index >= 15 is 0 Å². The first-order valence-corrected chi connectivity index (χ1v) is 8.39. The summed E-state index contributed by atoms with van der Waals surface area (Å²) in [6.45, 7) is 4.58. The summed E-state index contributed by atoms with van der Waals surface area (Å²) in [5.41, 5.74) is 4.46. The van der Waals surface area contributed by atoms with E-state index in [1.165, 1.54) is 18.3 Å². The second-order valence-corrected chi connectivity index (χ2v) is 6.19. The lowest BCUT2D eigenvalue weighted by atomic mass is 10.0. The molecule has 0 spiro atoms. The van der Waals surface area contributed by atoms with Crippen LogP contribution >= 0.6 is 0 Å². The number of hydrogen-bond donors (Lipinski definition) is 1. The van der Waals surface area contributed by atoms with Crippen LogP contribution in [0.3, 0.4) is 0 Å². The SMILES string of the molecule is Cc1cc(C)c(NC(=O)C(C)O/N=C/c2ccc(OC(F)F)cc2)c(C)c1. The third kappa shape index (κ3) is 6.06. The van der Waals surface area contributed by atoms with Gasteiger partial charge in [-0.05, 0) is 68.7 Å². The van der Waals surface area contributed by atoms with Gasteiger partial charge in [-0.2, -0.15) is 8.78 Å². The number of carbonyl (C=O) groups is 1. The number of amides is 1. The van der Waals surface area contributed by atoms with E-state index in [1.807, 2.05) is 32.9 Å². The van der Waals surface area contributed by atoms with Gasteiger partial charge in [0.05, 0.1) is 6.21 Å². The zero-order valence-corrected chi connectivity index (χ0v) is 15.6. The third-order valence-corrected chi connectivity index (χ3v) is 3.82. The molecule has 0 heterocycles. The van der Waals surface area contributed by atoms with E-state index in [1.54, 1.807) is 19.1 Å². The van der Waals surface area contributed by atoms with E-state index in [2.05, 4.69) is 15.2 Å². The zero-order chi connectivity index (χ0) is 20.0. The summed E-state index contributed by atoms with van der Waals surface area (Å²) in [7, 11) is 0. The Morgan fingerprint density at radius 2 is 1.70 bits per heavy atom. The minimum absolute atomic E-state index is 0.0552. The third-order valence-electron chi connectivity index (χ3n) is 3.82. The Kier molecular flexibility index (Phi) is 6.87. The number of carbonyl (C=O) groups excluding carboxylic acids is 1. The largest absolute Gasteiger partial charge is 0.435 e. The molecule has 1 atom stereocenters. The highest BCUT2D eigenvalue weighted by molar-refractivity contribution is 5.95. The van der Waals surface area contributed by atoms with Gasteiger partial charge in [0.25, 0.3) is 5.91 Å². The molecule has 5 nitrogen and oxygen atoms in total. The Hall–Kier alpha value is -2.96. The van der Waals surface area contributed by atoms with Crippen LogP contribution in [0.4, 0.5) is 14.5 Å². The summed E-state index contributed by atoms with van der Waals surface area (Å²) in [6, 6.07) is 9.88. The highest BCUT2D eigenvalue weighted by atomic mass is 19.3. The van der Waals surface area contributed by atoms with Crippen LogP contribution in [0.25, 0.3) is 0 Å². The van der Waals surface area contributed by atoms with Gasteiger partial charge in [0.1, 0.15) is 5.75 Å². The zero-order valence-electron chi connectivity index (χ0n) is 15.6. The predicted octanol–water partition coefficient (Wildman–Crippen LogP) is 4.59. The number of hydrogen-bond acceptors (Lipinski definition) is 4. The molecule has 0 fully saturated rings. The highest BCUT2D eigenvalue weighted by Gasteiger charge is 2.16. The van der Waals surface area contributed by atoms with E-state index in [4.69, 9.17) is 4.84 Å². The van der Waals surface area contributed by atoms with Crippen molar-refractivity contribution in [2.75, 3.05) is 5.32 Å². The van der Waals surface area contributed by atoms with Gasteiger partial charge in [-0.25, -0.2) is 0 Å². The molecule has 1 N–H and O–H groups in total. The smallest absolute Gasteiger partial charge is 0.387 e. The number of halogens is 2. The van der Waals surface area contributed by atoms with Crippen molar-refractivity contribution in [2.45, 2.75) is 40.4 Å². The van der Waals surface area contributed by atoms with Crippen LogP contribution in [-0.4, -0.2) is 24.8 Å². The molecule has 0 aliphatic carbocycles. The maximum absolute atomic E-state index is 12.3. The Bertz CT molecular complexity index is 797. The number of alkyl halides is 2. The van der Waals surface area contributed by atoms with E-state index in [9.17, 15) is 13.6 Å². The van der Waals surface area contributed by atoms with Crippen LogP contribution < -0.4 is 10.1 Å². The fourth-order valence-electron chi connectivity index (χ4n) is 2.57. The molecule has 0 aliphatic heterocycles. The number of benzene rings is 2. The molecule has 0 bridgehead atoms. The monoisotopic (exact) mass is 376 g/mol. The van der Waals surface area contributed by atoms with Crippen molar-refractivity contribution in [3.05, 3.63) is 58.7 Å². The Morgan fingerprint density at radius 1 is 1.11 bits per heavy atom. The molecule has 2 aromatic rings. The molecule has 0 saturated carbocycles. The van der Waals surface area contributed by atoms with Gasteiger partial charge < -0.3 is 14.9 Å². The van der Waals surface area contributed by atoms with Crippen LogP contribution in [-0.2, 0) is 9.63 Å². The second-order valence-electron chi connectivity index (χ2n) is 6.19. The summed E-state index contributed by atoms with van der Waals surface area (Å²) < 4.78 is 28.5. The molecule has 0 saturated heterocycles. The summed E-state index contributed by atoms with van der Waals surface area (Å²) in [5, 5.41) is 6.63. The maximum atomic E-state index is 12.3. The van der Waals surface area contributed by atoms with E-state index < -0.39 is 12.7 Å². The van der Waals surface area contributed by atoms with Crippen molar-refractivity contribution < 1.29 is 23.1 Å². The lowest BCUT2D eigenvalue weighted by Crippen LogP contribution is -2.27. The Balaban J connectivity index is 1.92. The predicted molar refractivity (Wildman–Crippen MR) is 100 cm³/mol. The average Bonchev–Trinajstić information content (AvgIpc) is 2.58. The van der Waals surface area contributed by atoms with Crippen molar-refractivity contribution in [3.63, 3.8) is 0 Å². The molecule has 0 radical (unpaired) electrons. The minimum Gasteiger partial charge on any atom is -0.435 e. The first kappa shape index (κ1) is 20.4. The number of nitrogens with one attached hydrogen (secondary N) is 1. The molecule has 2 aromatic carbocycles. The van der Waals surface area contributed by atoms with Gasteiger partial charge in [-0.1, -0.05) is 22.9 Å². The van der Waals surface area contributed by atoms with Crippen LogP contribution in [0.2, 0.25) is 0 Å². The highest BCUT2D eigenvalue weighted by Crippen LogP contribution is 2.22. The first-order chi connectivity index (χ1) is 12.8. The van der Waals surface area contributed by atoms with Crippen molar-refractivity contribution in [1.82, 2.24) is 0 Å². The van der Waals surface area contributed by atoms with Gasteiger partial charge in [0.2, 0.25) is 6.10 Å². The number of oxime groups is 1. The lowest BCUT2D eigenvalue weighted by Gasteiger charge is -2.15. The van der Waals surface area contributed by atoms with E-state index in [-0.39, 0.29) is 11.7 Å². The normalized spacial score (nSPS) is 12.3. The second kappa shape index (κ2) is 9.12. The molecule has 2 rings (SSSR count). The van der Waals surface area contributed by atoms with Crippen LogP contribution in [0.5, 0.6) is 5.75 Å². The Morgan fingerprint density at radius 3 is 2.26 bits per heavy atom. The summed E-state index contributed by atoms with van der Waals surface area (Å²) in [5.74, 6) is -0.262. The van der Waals surface area contributed by atoms with E-state index in [0.29, 0.717) is 5.56 Å². The summed E-state index contributed by atoms with van der Waals surface area (Å²) in [4.78, 5) is 17.5. The van der Waals surface area contributed by atoms with Crippen molar-refractivity contribution in [3.8, 4) is 5.75 Å². The number of anilines is 1. The fraction of sp³-hybridized carbons (Fsp3) is 0.300. The molecule has 0 aliphatic rings. The van der Waals surface area contributed by atoms with Crippen molar-refractivity contribution in [2.24, 2.45) is 5.16 Å². The fourth-order valence-corrected chi connectivity index (χ4v) is 2.57. The molecule has 1 amide bonds. The Labute approximate surface area is 157 Å². The molecular weight excluding hydrogens is 354 g/mol. The van der Waals surface area contributed by atoms with E-state index in [0.717, 1.165) is 22.4 Å². The lowest BCUT2D eigenvalue weighted by molar-refractivity contribution is -0.126. The van der Waals surface area contributed by atoms with Crippen LogP contribution in [0.15, 0.2) is 41.6 Å². The molecule has 144 valence electrons. The average molecular weight is 376 g/mol. The molecule has 7 heteroatoms. The van der Waals surface area contributed by atoms with Gasteiger partial charge in [0, 0.05) is 5.69 Å². The molecule has 1 unspecified atom stereocenters. The van der Waals surface area contributed by atoms with Gasteiger partial charge >= 0.3 is 6.61 Å². The first-order valence-electron chi connectivity index (χ1n) is 8.39. The topological polar surface area (TPSA) is 59.9 Å². The summed E-state index contributed by atoms with van der Waals surface area (Å²) in [6.07, 6.45) is 0.584. The molecule has 27 heavy (non-hydrogen) atoms. The van der Waals surface area contributed by atoms with Crippen LogP contribution in [0.1, 0.15) is 29.2 Å². The summed E-state index contributed by atoms with van der Waals surface area (Å²) >= 11 is 0. The van der Waals surface area contributed by atoms with Gasteiger partial charge in [-0.3, -0.25) is 4.79 Å². The standard InChI is InChI=1S/C20H22F2N2O3/c1-12-9-13(2)18(14(3)10-12)24-19(25)15(4)27-23-11-16-5-7-17(8-6-16)26-20(21)22/h5-11,15,20H,1-4H3,(H,24,25)/b23-11+. The molecule has 0 aromatic heterocycles. The van der Waals surface area contributed by atoms with Gasteiger partial charge in [-0.15, -0.1) is 0 Å². The minimum atomic E-state index is -2.87. The van der Waals surface area contributed by atoms with Crippen molar-refractivity contribution in [1.29, 1.82) is 0 Å². The maximum Gasteiger partial charge on any atom is 0.387 e.